The monoisotopic (exact) mass is 449 g/mol. The lowest BCUT2D eigenvalue weighted by atomic mass is 9.76. The Morgan fingerprint density at radius 3 is 2.94 bits per heavy atom. The number of methoxy groups -OCH3 is 1. The molecule has 3 aromatic heterocycles. The summed E-state index contributed by atoms with van der Waals surface area (Å²) in [7, 11) is 1.72. The second kappa shape index (κ2) is 8.22. The van der Waals surface area contributed by atoms with E-state index >= 15 is 0 Å². The molecule has 0 saturated carbocycles. The predicted molar refractivity (Wildman–Crippen MR) is 128 cm³/mol. The molecule has 0 radical (unpaired) electrons. The average Bonchev–Trinajstić information content (AvgIpc) is 3.53. The fourth-order valence-electron chi connectivity index (χ4n) is 4.77. The number of thiazole rings is 1. The molecule has 5 rings (SSSR count). The zero-order valence-electron chi connectivity index (χ0n) is 18.6. The second-order valence-corrected chi connectivity index (χ2v) is 9.82. The number of aromatic nitrogens is 2. The molecule has 1 atom stereocenters. The average molecular weight is 450 g/mol. The SMILES string of the molecule is COCC1(c2ccccc2NCc2cnc(C(C)C)s2)CCn2c1cc1occc1c2=O. The number of hydrogen-bond donors (Lipinski definition) is 1. The van der Waals surface area contributed by atoms with Crippen LogP contribution < -0.4 is 10.9 Å². The maximum absolute atomic E-state index is 13.1. The van der Waals surface area contributed by atoms with Gasteiger partial charge in [-0.3, -0.25) is 4.79 Å². The van der Waals surface area contributed by atoms with E-state index in [0.29, 0.717) is 36.6 Å². The van der Waals surface area contributed by atoms with E-state index in [1.807, 2.05) is 29.0 Å². The van der Waals surface area contributed by atoms with E-state index in [-0.39, 0.29) is 5.56 Å². The number of nitrogens with one attached hydrogen (secondary N) is 1. The van der Waals surface area contributed by atoms with Crippen LogP contribution in [0, 0.1) is 0 Å². The Morgan fingerprint density at radius 1 is 1.31 bits per heavy atom. The van der Waals surface area contributed by atoms with Crippen LogP contribution in [-0.2, 0) is 23.2 Å². The maximum atomic E-state index is 13.1. The van der Waals surface area contributed by atoms with Crippen LogP contribution in [0.5, 0.6) is 0 Å². The molecule has 1 aliphatic rings. The molecule has 1 unspecified atom stereocenters. The van der Waals surface area contributed by atoms with Crippen LogP contribution in [0.4, 0.5) is 5.69 Å². The first-order valence-corrected chi connectivity index (χ1v) is 11.7. The van der Waals surface area contributed by atoms with Crippen molar-refractivity contribution >= 4 is 28.0 Å². The molecule has 0 spiro atoms. The molecule has 7 heteroatoms. The van der Waals surface area contributed by atoms with Crippen LogP contribution in [0.15, 0.2) is 58.1 Å². The third-order valence-electron chi connectivity index (χ3n) is 6.33. The van der Waals surface area contributed by atoms with Crippen molar-refractivity contribution in [2.24, 2.45) is 0 Å². The molecule has 4 heterocycles. The van der Waals surface area contributed by atoms with Gasteiger partial charge in [0, 0.05) is 48.1 Å². The van der Waals surface area contributed by atoms with Crippen molar-refractivity contribution in [2.75, 3.05) is 19.0 Å². The van der Waals surface area contributed by atoms with E-state index < -0.39 is 5.41 Å². The van der Waals surface area contributed by atoms with Gasteiger partial charge in [0.2, 0.25) is 0 Å². The van der Waals surface area contributed by atoms with E-state index in [0.717, 1.165) is 28.4 Å². The summed E-state index contributed by atoms with van der Waals surface area (Å²) in [6.07, 6.45) is 4.33. The molecule has 1 N–H and O–H groups in total. The van der Waals surface area contributed by atoms with Crippen LogP contribution >= 0.6 is 11.3 Å². The molecular weight excluding hydrogens is 422 g/mol. The van der Waals surface area contributed by atoms with Gasteiger partial charge in [-0.05, 0) is 24.1 Å². The summed E-state index contributed by atoms with van der Waals surface area (Å²) in [5.41, 5.74) is 3.31. The smallest absolute Gasteiger partial charge is 0.261 e. The van der Waals surface area contributed by atoms with Crippen molar-refractivity contribution in [1.82, 2.24) is 9.55 Å². The van der Waals surface area contributed by atoms with Crippen molar-refractivity contribution in [1.29, 1.82) is 0 Å². The summed E-state index contributed by atoms with van der Waals surface area (Å²) < 4.78 is 13.2. The van der Waals surface area contributed by atoms with Gasteiger partial charge in [0.15, 0.2) is 0 Å². The topological polar surface area (TPSA) is 69.3 Å². The third-order valence-corrected chi connectivity index (χ3v) is 7.63. The van der Waals surface area contributed by atoms with Crippen molar-refractivity contribution in [3.05, 3.63) is 80.4 Å². The van der Waals surface area contributed by atoms with Crippen LogP contribution in [0.3, 0.4) is 0 Å². The lowest BCUT2D eigenvalue weighted by Gasteiger charge is -2.31. The van der Waals surface area contributed by atoms with Crippen molar-refractivity contribution in [3.8, 4) is 0 Å². The van der Waals surface area contributed by atoms with E-state index in [4.69, 9.17) is 9.15 Å². The fraction of sp³-hybridized carbons (Fsp3) is 0.360. The number of nitrogens with zero attached hydrogens (tertiary/aromatic N) is 2. The summed E-state index contributed by atoms with van der Waals surface area (Å²) in [6.45, 7) is 6.16. The van der Waals surface area contributed by atoms with E-state index in [2.05, 4.69) is 36.3 Å². The summed E-state index contributed by atoms with van der Waals surface area (Å²) in [5, 5.41) is 5.40. The summed E-state index contributed by atoms with van der Waals surface area (Å²) in [5.74, 6) is 0.428. The summed E-state index contributed by atoms with van der Waals surface area (Å²) in [4.78, 5) is 18.8. The molecule has 0 aliphatic carbocycles. The standard InChI is InChI=1S/C25H27N3O3S/c1-16(2)23-27-14-17(32-23)13-26-20-7-5-4-6-19(20)25(15-30-3)9-10-28-22(25)12-21-18(24(28)29)8-11-31-21/h4-8,11-12,14,16,26H,9-10,13,15H2,1-3H3. The minimum absolute atomic E-state index is 0.000503. The Morgan fingerprint density at radius 2 is 2.16 bits per heavy atom. The maximum Gasteiger partial charge on any atom is 0.261 e. The first-order chi connectivity index (χ1) is 15.5. The first kappa shape index (κ1) is 21.0. The molecule has 0 saturated heterocycles. The van der Waals surface area contributed by atoms with Crippen molar-refractivity contribution in [2.45, 2.75) is 44.7 Å². The molecule has 1 aromatic carbocycles. The van der Waals surface area contributed by atoms with Crippen LogP contribution in [0.2, 0.25) is 0 Å². The minimum atomic E-state index is -0.435. The number of hydrogen-bond acceptors (Lipinski definition) is 6. The molecule has 0 amide bonds. The summed E-state index contributed by atoms with van der Waals surface area (Å²) >= 11 is 1.74. The van der Waals surface area contributed by atoms with Gasteiger partial charge in [-0.1, -0.05) is 32.0 Å². The number of pyridine rings is 1. The minimum Gasteiger partial charge on any atom is -0.464 e. The van der Waals surface area contributed by atoms with E-state index in [1.165, 1.54) is 4.88 Å². The first-order valence-electron chi connectivity index (χ1n) is 10.9. The number of fused-ring (bicyclic) bond motifs is 2. The molecule has 1 aliphatic heterocycles. The number of rotatable bonds is 7. The van der Waals surface area contributed by atoms with Gasteiger partial charge in [0.05, 0.1) is 35.2 Å². The Labute approximate surface area is 190 Å². The van der Waals surface area contributed by atoms with Crippen LogP contribution in [0.1, 0.15) is 47.3 Å². The number of benzene rings is 1. The van der Waals surface area contributed by atoms with Gasteiger partial charge in [0.25, 0.3) is 5.56 Å². The highest BCUT2D eigenvalue weighted by atomic mass is 32.1. The number of anilines is 1. The molecule has 4 aromatic rings. The Balaban J connectivity index is 1.56. The Bertz CT molecular complexity index is 1320. The second-order valence-electron chi connectivity index (χ2n) is 8.67. The Hall–Kier alpha value is -2.90. The lowest BCUT2D eigenvalue weighted by Crippen LogP contribution is -2.33. The fourth-order valence-corrected chi connectivity index (χ4v) is 5.63. The summed E-state index contributed by atoms with van der Waals surface area (Å²) in [6, 6.07) is 12.1. The van der Waals surface area contributed by atoms with Gasteiger partial charge in [0.1, 0.15) is 5.58 Å². The largest absolute Gasteiger partial charge is 0.464 e. The quantitative estimate of drug-likeness (QED) is 0.424. The third kappa shape index (κ3) is 3.36. The number of ether oxygens (including phenoxy) is 1. The highest BCUT2D eigenvalue weighted by molar-refractivity contribution is 7.11. The van der Waals surface area contributed by atoms with Gasteiger partial charge < -0.3 is 19.0 Å². The molecule has 32 heavy (non-hydrogen) atoms. The highest BCUT2D eigenvalue weighted by Crippen LogP contribution is 2.44. The van der Waals surface area contributed by atoms with Gasteiger partial charge in [-0.15, -0.1) is 11.3 Å². The van der Waals surface area contributed by atoms with Gasteiger partial charge in [-0.25, -0.2) is 4.98 Å². The van der Waals surface area contributed by atoms with Crippen molar-refractivity contribution in [3.63, 3.8) is 0 Å². The lowest BCUT2D eigenvalue weighted by molar-refractivity contribution is 0.148. The van der Waals surface area contributed by atoms with Crippen molar-refractivity contribution < 1.29 is 9.15 Å². The molecule has 6 nitrogen and oxygen atoms in total. The van der Waals surface area contributed by atoms with Crippen LogP contribution in [-0.4, -0.2) is 23.3 Å². The number of para-hydroxylation sites is 1. The van der Waals surface area contributed by atoms with E-state index in [1.54, 1.807) is 30.8 Å². The predicted octanol–water partition coefficient (Wildman–Crippen LogP) is 5.12. The van der Waals surface area contributed by atoms with Gasteiger partial charge >= 0.3 is 0 Å². The highest BCUT2D eigenvalue weighted by Gasteiger charge is 2.43. The molecule has 0 fully saturated rings. The normalized spacial score (nSPS) is 17.9. The molecule has 0 bridgehead atoms. The molecule has 166 valence electrons. The van der Waals surface area contributed by atoms with Crippen LogP contribution in [0.25, 0.3) is 11.0 Å². The number of furan rings is 1. The van der Waals surface area contributed by atoms with E-state index in [9.17, 15) is 4.79 Å². The molecular formula is C25H27N3O3S. The van der Waals surface area contributed by atoms with Gasteiger partial charge in [-0.2, -0.15) is 0 Å². The zero-order chi connectivity index (χ0) is 22.3. The Kier molecular flexibility index (Phi) is 5.39. The zero-order valence-corrected chi connectivity index (χ0v) is 19.4.